The van der Waals surface area contributed by atoms with Crippen molar-refractivity contribution in [2.45, 2.75) is 45.8 Å². The molecule has 0 bridgehead atoms. The fourth-order valence-corrected chi connectivity index (χ4v) is 4.20. The number of ether oxygens (including phenoxy) is 1. The second kappa shape index (κ2) is 8.74. The van der Waals surface area contributed by atoms with Crippen molar-refractivity contribution >= 4 is 17.5 Å². The molecule has 3 heterocycles. The molecule has 0 unspecified atom stereocenters. The minimum Gasteiger partial charge on any atom is -0.494 e. The number of anilines is 1. The first-order valence-corrected chi connectivity index (χ1v) is 11.3. The van der Waals surface area contributed by atoms with Gasteiger partial charge >= 0.3 is 0 Å². The molecule has 0 N–H and O–H groups in total. The van der Waals surface area contributed by atoms with Crippen LogP contribution in [0, 0.1) is 6.92 Å². The predicted octanol–water partition coefficient (Wildman–Crippen LogP) is 4.10. The van der Waals surface area contributed by atoms with Crippen LogP contribution < -0.4 is 9.64 Å². The first-order chi connectivity index (χ1) is 16.5. The largest absolute Gasteiger partial charge is 0.494 e. The SMILES string of the molecule is CCOc1ccc(-c2nc(CN3N=N[C@H]4C(=O)N(c5ccc(CC)cc5)C(=O)[C@@H]43)c(C)o2)cc1. The molecule has 174 valence electrons. The second-order valence-electron chi connectivity index (χ2n) is 8.20. The van der Waals surface area contributed by atoms with Gasteiger partial charge in [-0.25, -0.2) is 9.88 Å². The molecule has 0 spiro atoms. The van der Waals surface area contributed by atoms with Crippen molar-refractivity contribution < 1.29 is 18.7 Å². The summed E-state index contributed by atoms with van der Waals surface area (Å²) in [5.41, 5.74) is 3.13. The Morgan fingerprint density at radius 2 is 1.74 bits per heavy atom. The van der Waals surface area contributed by atoms with Crippen LogP contribution in [-0.4, -0.2) is 40.5 Å². The van der Waals surface area contributed by atoms with Crippen LogP contribution in [0.25, 0.3) is 11.5 Å². The van der Waals surface area contributed by atoms with Crippen molar-refractivity contribution in [2.75, 3.05) is 11.5 Å². The number of amides is 2. The van der Waals surface area contributed by atoms with Gasteiger partial charge in [0.2, 0.25) is 5.89 Å². The van der Waals surface area contributed by atoms with Gasteiger partial charge in [-0.2, -0.15) is 5.11 Å². The average molecular weight is 460 g/mol. The third-order valence-corrected chi connectivity index (χ3v) is 6.08. The van der Waals surface area contributed by atoms with Gasteiger partial charge in [0.05, 0.1) is 18.8 Å². The van der Waals surface area contributed by atoms with E-state index in [1.54, 1.807) is 12.1 Å². The lowest BCUT2D eigenvalue weighted by Crippen LogP contribution is -2.39. The third kappa shape index (κ3) is 3.72. The number of oxazole rings is 1. The van der Waals surface area contributed by atoms with E-state index in [-0.39, 0.29) is 18.4 Å². The maximum Gasteiger partial charge on any atom is 0.263 e. The molecule has 2 aromatic carbocycles. The van der Waals surface area contributed by atoms with Gasteiger partial charge in [0.15, 0.2) is 12.1 Å². The van der Waals surface area contributed by atoms with Crippen LogP contribution in [0.15, 0.2) is 63.3 Å². The molecule has 1 fully saturated rings. The molecule has 1 aromatic heterocycles. The number of aromatic nitrogens is 1. The van der Waals surface area contributed by atoms with Gasteiger partial charge < -0.3 is 9.15 Å². The summed E-state index contributed by atoms with van der Waals surface area (Å²) in [4.78, 5) is 32.0. The van der Waals surface area contributed by atoms with Gasteiger partial charge in [0, 0.05) is 5.56 Å². The molecule has 2 amide bonds. The standard InChI is InChI=1S/C25H25N5O4/c1-4-16-6-10-18(11-7-16)30-24(31)21-22(25(30)32)29(28-27-21)14-20-15(3)34-23(26-20)17-8-12-19(13-9-17)33-5-2/h6-13,21-22H,4-5,14H2,1-3H3/t21-,22-/m1/s1. The summed E-state index contributed by atoms with van der Waals surface area (Å²) >= 11 is 0. The lowest BCUT2D eigenvalue weighted by Gasteiger charge is -2.20. The summed E-state index contributed by atoms with van der Waals surface area (Å²) in [6.07, 6.45) is 0.880. The van der Waals surface area contributed by atoms with Crippen molar-refractivity contribution in [1.82, 2.24) is 9.99 Å². The minimum absolute atomic E-state index is 0.207. The van der Waals surface area contributed by atoms with Crippen molar-refractivity contribution in [1.29, 1.82) is 0 Å². The fourth-order valence-electron chi connectivity index (χ4n) is 4.20. The monoisotopic (exact) mass is 459 g/mol. The summed E-state index contributed by atoms with van der Waals surface area (Å²) in [6, 6.07) is 13.3. The molecule has 34 heavy (non-hydrogen) atoms. The minimum atomic E-state index is -0.851. The van der Waals surface area contributed by atoms with E-state index in [0.717, 1.165) is 23.3 Å². The number of aryl methyl sites for hydroxylation is 2. The summed E-state index contributed by atoms with van der Waals surface area (Å²) in [5.74, 6) is 1.16. The molecule has 0 radical (unpaired) electrons. The maximum absolute atomic E-state index is 13.2. The van der Waals surface area contributed by atoms with Gasteiger partial charge in [0.1, 0.15) is 17.2 Å². The van der Waals surface area contributed by atoms with Gasteiger partial charge in [-0.15, -0.1) is 0 Å². The number of fused-ring (bicyclic) bond motifs is 1. The second-order valence-corrected chi connectivity index (χ2v) is 8.20. The van der Waals surface area contributed by atoms with Gasteiger partial charge in [-0.05, 0) is 62.2 Å². The van der Waals surface area contributed by atoms with E-state index in [1.165, 1.54) is 9.91 Å². The molecule has 5 rings (SSSR count). The molecule has 2 atom stereocenters. The molecule has 9 nitrogen and oxygen atoms in total. The summed E-state index contributed by atoms with van der Waals surface area (Å²) in [5, 5.41) is 9.75. The van der Waals surface area contributed by atoms with E-state index < -0.39 is 12.1 Å². The van der Waals surface area contributed by atoms with Crippen LogP contribution in [-0.2, 0) is 22.6 Å². The van der Waals surface area contributed by atoms with Crippen LogP contribution in [0.1, 0.15) is 30.9 Å². The zero-order valence-corrected chi connectivity index (χ0v) is 19.3. The molecule has 1 saturated heterocycles. The van der Waals surface area contributed by atoms with Gasteiger partial charge in [-0.3, -0.25) is 14.6 Å². The summed E-state index contributed by atoms with van der Waals surface area (Å²) in [7, 11) is 0. The molecule has 9 heteroatoms. The Labute approximate surface area is 197 Å². The van der Waals surface area contributed by atoms with Crippen molar-refractivity contribution in [3.05, 3.63) is 65.5 Å². The van der Waals surface area contributed by atoms with Gasteiger partial charge in [-0.1, -0.05) is 24.3 Å². The number of hydrogen-bond acceptors (Lipinski definition) is 8. The average Bonchev–Trinajstić information content (AvgIpc) is 3.50. The first-order valence-electron chi connectivity index (χ1n) is 11.3. The number of rotatable bonds is 7. The normalized spacial score (nSPS) is 19.3. The Morgan fingerprint density at radius 3 is 2.41 bits per heavy atom. The first kappa shape index (κ1) is 21.8. The number of benzene rings is 2. The van der Waals surface area contributed by atoms with Crippen molar-refractivity contribution in [3.8, 4) is 17.2 Å². The molecule has 2 aliphatic rings. The summed E-state index contributed by atoms with van der Waals surface area (Å²) in [6.45, 7) is 6.60. The molecule has 0 saturated carbocycles. The maximum atomic E-state index is 13.2. The smallest absolute Gasteiger partial charge is 0.263 e. The van der Waals surface area contributed by atoms with E-state index in [1.807, 2.05) is 50.2 Å². The Morgan fingerprint density at radius 1 is 1.00 bits per heavy atom. The topological polar surface area (TPSA) is 101 Å². The number of hydrogen-bond donors (Lipinski definition) is 0. The Balaban J connectivity index is 1.34. The van der Waals surface area contributed by atoms with Crippen LogP contribution in [0.4, 0.5) is 5.69 Å². The highest BCUT2D eigenvalue weighted by atomic mass is 16.5. The molecular formula is C25H25N5O4. The summed E-state index contributed by atoms with van der Waals surface area (Å²) < 4.78 is 11.4. The highest BCUT2D eigenvalue weighted by Gasteiger charge is 2.54. The number of nitrogens with zero attached hydrogens (tertiary/aromatic N) is 5. The molecule has 3 aromatic rings. The van der Waals surface area contributed by atoms with E-state index in [4.69, 9.17) is 9.15 Å². The molecule has 2 aliphatic heterocycles. The van der Waals surface area contributed by atoms with Crippen LogP contribution in [0.3, 0.4) is 0 Å². The zero-order valence-electron chi connectivity index (χ0n) is 19.3. The van der Waals surface area contributed by atoms with E-state index in [2.05, 4.69) is 22.2 Å². The lowest BCUT2D eigenvalue weighted by atomic mass is 10.1. The Bertz CT molecular complexity index is 1250. The lowest BCUT2D eigenvalue weighted by molar-refractivity contribution is -0.123. The highest BCUT2D eigenvalue weighted by molar-refractivity contribution is 6.25. The number of carbonyl (C=O) groups excluding carboxylic acids is 2. The van der Waals surface area contributed by atoms with Gasteiger partial charge in [0.25, 0.3) is 11.8 Å². The number of carbonyl (C=O) groups is 2. The van der Waals surface area contributed by atoms with E-state index >= 15 is 0 Å². The fraction of sp³-hybridized carbons (Fsp3) is 0.320. The molecular weight excluding hydrogens is 434 g/mol. The number of imide groups is 1. The molecule has 0 aliphatic carbocycles. The third-order valence-electron chi connectivity index (χ3n) is 6.08. The Kier molecular flexibility index (Phi) is 5.61. The highest BCUT2D eigenvalue weighted by Crippen LogP contribution is 2.34. The predicted molar refractivity (Wildman–Crippen MR) is 124 cm³/mol. The van der Waals surface area contributed by atoms with Crippen molar-refractivity contribution in [3.63, 3.8) is 0 Å². The van der Waals surface area contributed by atoms with Crippen LogP contribution in [0.5, 0.6) is 5.75 Å². The van der Waals surface area contributed by atoms with E-state index in [9.17, 15) is 9.59 Å². The quantitative estimate of drug-likeness (QED) is 0.493. The van der Waals surface area contributed by atoms with Crippen LogP contribution >= 0.6 is 0 Å². The van der Waals surface area contributed by atoms with E-state index in [0.29, 0.717) is 29.6 Å². The van der Waals surface area contributed by atoms with Crippen molar-refractivity contribution in [2.24, 2.45) is 10.3 Å². The Hall–Kier alpha value is -4.01. The van der Waals surface area contributed by atoms with Crippen LogP contribution in [0.2, 0.25) is 0 Å². The zero-order chi connectivity index (χ0) is 23.8.